The highest BCUT2D eigenvalue weighted by Gasteiger charge is 2.13. The first kappa shape index (κ1) is 15.5. The van der Waals surface area contributed by atoms with Crippen molar-refractivity contribution in [2.45, 2.75) is 26.3 Å². The van der Waals surface area contributed by atoms with Crippen LogP contribution in [0.15, 0.2) is 34.8 Å². The van der Waals surface area contributed by atoms with Gasteiger partial charge in [-0.2, -0.15) is 0 Å². The van der Waals surface area contributed by atoms with E-state index in [1.807, 2.05) is 26.0 Å². The van der Waals surface area contributed by atoms with Gasteiger partial charge >= 0.3 is 0 Å². The first-order chi connectivity index (χ1) is 9.38. The zero-order valence-electron chi connectivity index (χ0n) is 11.4. The monoisotopic (exact) mass is 355 g/mol. The van der Waals surface area contributed by atoms with Crippen molar-refractivity contribution in [3.05, 3.63) is 67.9 Å². The van der Waals surface area contributed by atoms with Crippen molar-refractivity contribution in [1.29, 1.82) is 0 Å². The average molecular weight is 357 g/mol. The molecule has 0 saturated heterocycles. The molecule has 0 aliphatic rings. The van der Waals surface area contributed by atoms with Gasteiger partial charge in [-0.1, -0.05) is 39.7 Å². The van der Waals surface area contributed by atoms with E-state index in [9.17, 15) is 4.39 Å². The minimum atomic E-state index is -0.268. The van der Waals surface area contributed by atoms with Gasteiger partial charge in [-0.05, 0) is 60.7 Å². The number of rotatable bonds is 3. The molecule has 2 aromatic rings. The second-order valence-corrected chi connectivity index (χ2v) is 6.24. The molecule has 1 nitrogen and oxygen atoms in total. The summed E-state index contributed by atoms with van der Waals surface area (Å²) < 4.78 is 14.8. The van der Waals surface area contributed by atoms with Crippen molar-refractivity contribution in [1.82, 2.24) is 0 Å². The lowest BCUT2D eigenvalue weighted by Gasteiger charge is -2.16. The molecule has 0 heterocycles. The first-order valence-electron chi connectivity index (χ1n) is 6.34. The molecule has 2 N–H and O–H groups in total. The van der Waals surface area contributed by atoms with Gasteiger partial charge in [-0.25, -0.2) is 4.39 Å². The molecule has 2 rings (SSSR count). The van der Waals surface area contributed by atoms with E-state index in [4.69, 9.17) is 17.3 Å². The Kier molecular flexibility index (Phi) is 4.84. The van der Waals surface area contributed by atoms with Gasteiger partial charge in [0, 0.05) is 15.5 Å². The SMILES string of the molecule is Cc1cc(C(N)Cc2cc(Cl)ccc2F)cc(C)c1Br. The third kappa shape index (κ3) is 3.40. The molecule has 20 heavy (non-hydrogen) atoms. The summed E-state index contributed by atoms with van der Waals surface area (Å²) in [4.78, 5) is 0. The second kappa shape index (κ2) is 6.25. The van der Waals surface area contributed by atoms with Gasteiger partial charge in [0.05, 0.1) is 0 Å². The summed E-state index contributed by atoms with van der Waals surface area (Å²) in [6, 6.07) is 8.36. The Balaban J connectivity index is 2.28. The van der Waals surface area contributed by atoms with Gasteiger partial charge in [-0.15, -0.1) is 0 Å². The summed E-state index contributed by atoms with van der Waals surface area (Å²) in [5, 5.41) is 0.525. The topological polar surface area (TPSA) is 26.0 Å². The van der Waals surface area contributed by atoms with Crippen molar-refractivity contribution in [3.8, 4) is 0 Å². The molecule has 4 heteroatoms. The number of benzene rings is 2. The van der Waals surface area contributed by atoms with Crippen LogP contribution in [-0.2, 0) is 6.42 Å². The molecular weight excluding hydrogens is 341 g/mol. The summed E-state index contributed by atoms with van der Waals surface area (Å²) in [5.74, 6) is -0.268. The summed E-state index contributed by atoms with van der Waals surface area (Å²) in [6.45, 7) is 4.04. The maximum atomic E-state index is 13.7. The predicted molar refractivity (Wildman–Crippen MR) is 85.7 cm³/mol. The Bertz CT molecular complexity index is 619. The molecule has 1 atom stereocenters. The molecule has 0 saturated carbocycles. The van der Waals surface area contributed by atoms with E-state index in [1.54, 1.807) is 12.1 Å². The minimum Gasteiger partial charge on any atom is -0.324 e. The predicted octanol–water partition coefficient (Wildman–Crippen LogP) is 5.10. The van der Waals surface area contributed by atoms with Crippen LogP contribution in [0.3, 0.4) is 0 Å². The van der Waals surface area contributed by atoms with Crippen LogP contribution in [0.1, 0.15) is 28.3 Å². The molecule has 0 aliphatic carbocycles. The normalized spacial score (nSPS) is 12.5. The van der Waals surface area contributed by atoms with Gasteiger partial charge in [0.15, 0.2) is 0 Å². The number of nitrogens with two attached hydrogens (primary N) is 1. The van der Waals surface area contributed by atoms with Gasteiger partial charge in [0.1, 0.15) is 5.82 Å². The Labute approximate surface area is 132 Å². The third-order valence-electron chi connectivity index (χ3n) is 3.33. The highest BCUT2D eigenvalue weighted by molar-refractivity contribution is 9.10. The summed E-state index contributed by atoms with van der Waals surface area (Å²) in [7, 11) is 0. The number of aryl methyl sites for hydroxylation is 2. The van der Waals surface area contributed by atoms with Crippen LogP contribution in [0.2, 0.25) is 5.02 Å². The largest absolute Gasteiger partial charge is 0.324 e. The van der Waals surface area contributed by atoms with E-state index in [1.165, 1.54) is 6.07 Å². The number of halogens is 3. The zero-order valence-corrected chi connectivity index (χ0v) is 13.7. The van der Waals surface area contributed by atoms with Gasteiger partial charge < -0.3 is 5.73 Å². The van der Waals surface area contributed by atoms with Crippen LogP contribution in [0.5, 0.6) is 0 Å². The van der Waals surface area contributed by atoms with Crippen molar-refractivity contribution < 1.29 is 4.39 Å². The highest BCUT2D eigenvalue weighted by atomic mass is 79.9. The molecule has 0 bridgehead atoms. The molecule has 0 spiro atoms. The van der Waals surface area contributed by atoms with E-state index < -0.39 is 0 Å². The Morgan fingerprint density at radius 3 is 2.40 bits per heavy atom. The molecule has 106 valence electrons. The van der Waals surface area contributed by atoms with Gasteiger partial charge in [0.25, 0.3) is 0 Å². The van der Waals surface area contributed by atoms with Gasteiger partial charge in [-0.3, -0.25) is 0 Å². The number of hydrogen-bond acceptors (Lipinski definition) is 1. The molecular formula is C16H16BrClFN. The molecule has 2 aromatic carbocycles. The first-order valence-corrected chi connectivity index (χ1v) is 7.51. The lowest BCUT2D eigenvalue weighted by molar-refractivity contribution is 0.593. The Hall–Kier alpha value is -0.900. The standard InChI is InChI=1S/C16H16BrClFN/c1-9-5-12(6-10(2)16(9)17)15(20)8-11-7-13(18)3-4-14(11)19/h3-7,15H,8,20H2,1-2H3. The summed E-state index contributed by atoms with van der Waals surface area (Å²) in [6.07, 6.45) is 0.424. The van der Waals surface area contributed by atoms with E-state index >= 15 is 0 Å². The third-order valence-corrected chi connectivity index (χ3v) is 4.82. The highest BCUT2D eigenvalue weighted by Crippen LogP contribution is 2.27. The van der Waals surface area contributed by atoms with Crippen LogP contribution in [0.4, 0.5) is 4.39 Å². The molecule has 0 fully saturated rings. The molecule has 0 amide bonds. The van der Waals surface area contributed by atoms with Crippen LogP contribution < -0.4 is 5.73 Å². The lowest BCUT2D eigenvalue weighted by Crippen LogP contribution is -2.14. The van der Waals surface area contributed by atoms with Gasteiger partial charge in [0.2, 0.25) is 0 Å². The van der Waals surface area contributed by atoms with E-state index in [2.05, 4.69) is 15.9 Å². The van der Waals surface area contributed by atoms with Crippen molar-refractivity contribution in [2.75, 3.05) is 0 Å². The average Bonchev–Trinajstić information content (AvgIpc) is 2.39. The zero-order chi connectivity index (χ0) is 14.9. The smallest absolute Gasteiger partial charge is 0.126 e. The quantitative estimate of drug-likeness (QED) is 0.813. The van der Waals surface area contributed by atoms with Crippen LogP contribution >= 0.6 is 27.5 Å². The molecule has 0 aliphatic heterocycles. The van der Waals surface area contributed by atoms with Crippen LogP contribution in [-0.4, -0.2) is 0 Å². The summed E-state index contributed by atoms with van der Waals surface area (Å²) in [5.41, 5.74) is 10.0. The fourth-order valence-electron chi connectivity index (χ4n) is 2.25. The van der Waals surface area contributed by atoms with Crippen molar-refractivity contribution in [3.63, 3.8) is 0 Å². The Morgan fingerprint density at radius 1 is 1.20 bits per heavy atom. The van der Waals surface area contributed by atoms with Crippen LogP contribution in [0, 0.1) is 19.7 Å². The minimum absolute atomic E-state index is 0.256. The lowest BCUT2D eigenvalue weighted by atomic mass is 9.96. The summed E-state index contributed by atoms with van der Waals surface area (Å²) >= 11 is 9.44. The van der Waals surface area contributed by atoms with E-state index in [-0.39, 0.29) is 11.9 Å². The molecule has 0 radical (unpaired) electrons. The molecule has 1 unspecified atom stereocenters. The second-order valence-electron chi connectivity index (χ2n) is 5.02. The fraction of sp³-hybridized carbons (Fsp3) is 0.250. The van der Waals surface area contributed by atoms with Crippen LogP contribution in [0.25, 0.3) is 0 Å². The van der Waals surface area contributed by atoms with Crippen molar-refractivity contribution >= 4 is 27.5 Å². The van der Waals surface area contributed by atoms with Crippen molar-refractivity contribution in [2.24, 2.45) is 5.73 Å². The maximum absolute atomic E-state index is 13.7. The van der Waals surface area contributed by atoms with E-state index in [0.717, 1.165) is 21.2 Å². The van der Waals surface area contributed by atoms with E-state index in [0.29, 0.717) is 17.0 Å². The molecule has 0 aromatic heterocycles. The Morgan fingerprint density at radius 2 is 1.80 bits per heavy atom. The number of hydrogen-bond donors (Lipinski definition) is 1. The fourth-order valence-corrected chi connectivity index (χ4v) is 2.67. The maximum Gasteiger partial charge on any atom is 0.126 e.